The topological polar surface area (TPSA) is 53.6 Å². The molecule has 2 rings (SSSR count). The zero-order valence-corrected chi connectivity index (χ0v) is 16.6. The van der Waals surface area contributed by atoms with Gasteiger partial charge in [0, 0.05) is 19.5 Å². The number of piperidine rings is 1. The molecule has 2 unspecified atom stereocenters. The van der Waals surface area contributed by atoms with Gasteiger partial charge in [-0.15, -0.1) is 0 Å². The number of ether oxygens (including phenoxy) is 1. The molecule has 0 spiro atoms. The zero-order chi connectivity index (χ0) is 18.8. The van der Waals surface area contributed by atoms with Crippen molar-refractivity contribution in [1.82, 2.24) is 15.5 Å². The molecule has 0 bridgehead atoms. The van der Waals surface area contributed by atoms with Crippen molar-refractivity contribution >= 4 is 5.91 Å². The summed E-state index contributed by atoms with van der Waals surface area (Å²) in [5, 5.41) is 6.48. The molecule has 5 nitrogen and oxygen atoms in total. The molecule has 0 aromatic heterocycles. The Morgan fingerprint density at radius 1 is 1.35 bits per heavy atom. The number of carbonyl (C=O) groups excluding carboxylic acids is 1. The first-order valence-corrected chi connectivity index (χ1v) is 9.88. The molecule has 2 N–H and O–H groups in total. The maximum absolute atomic E-state index is 12.2. The highest BCUT2D eigenvalue weighted by molar-refractivity contribution is 5.76. The Kier molecular flexibility index (Phi) is 8.92. The number of hydrogen-bond donors (Lipinski definition) is 2. The fraction of sp³-hybridized carbons (Fsp3) is 0.667. The Morgan fingerprint density at radius 2 is 2.12 bits per heavy atom. The molecule has 1 heterocycles. The van der Waals surface area contributed by atoms with Crippen LogP contribution in [0.25, 0.3) is 0 Å². The van der Waals surface area contributed by atoms with Crippen molar-refractivity contribution in [1.29, 1.82) is 0 Å². The minimum Gasteiger partial charge on any atom is -0.494 e. The molecule has 26 heavy (non-hydrogen) atoms. The Labute approximate surface area is 158 Å². The lowest BCUT2D eigenvalue weighted by molar-refractivity contribution is -0.122. The molecule has 1 saturated heterocycles. The van der Waals surface area contributed by atoms with Crippen molar-refractivity contribution in [2.45, 2.75) is 39.2 Å². The first-order chi connectivity index (χ1) is 12.5. The molecule has 1 aromatic rings. The molecule has 1 fully saturated rings. The summed E-state index contributed by atoms with van der Waals surface area (Å²) in [6.07, 6.45) is 4.08. The monoisotopic (exact) mass is 361 g/mol. The molecular weight excluding hydrogens is 326 g/mol. The average Bonchev–Trinajstić information content (AvgIpc) is 2.65. The van der Waals surface area contributed by atoms with Crippen molar-refractivity contribution in [3.8, 4) is 5.75 Å². The van der Waals surface area contributed by atoms with Crippen molar-refractivity contribution in [2.75, 3.05) is 40.3 Å². The lowest BCUT2D eigenvalue weighted by atomic mass is 9.85. The van der Waals surface area contributed by atoms with Crippen LogP contribution in [0.5, 0.6) is 5.75 Å². The molecule has 2 atom stereocenters. The summed E-state index contributed by atoms with van der Waals surface area (Å²) >= 11 is 0. The van der Waals surface area contributed by atoms with Crippen LogP contribution >= 0.6 is 0 Å². The van der Waals surface area contributed by atoms with Gasteiger partial charge in [-0.05, 0) is 76.0 Å². The number of benzene rings is 1. The Bertz CT molecular complexity index is 525. The van der Waals surface area contributed by atoms with Crippen LogP contribution in [0, 0.1) is 11.8 Å². The highest BCUT2D eigenvalue weighted by Crippen LogP contribution is 2.22. The number of rotatable bonds is 10. The fourth-order valence-electron chi connectivity index (χ4n) is 3.37. The lowest BCUT2D eigenvalue weighted by Crippen LogP contribution is -2.35. The van der Waals surface area contributed by atoms with Crippen LogP contribution < -0.4 is 15.4 Å². The summed E-state index contributed by atoms with van der Waals surface area (Å²) in [5.74, 6) is 2.09. The molecule has 0 saturated carbocycles. The minimum absolute atomic E-state index is 0.145. The summed E-state index contributed by atoms with van der Waals surface area (Å²) in [6, 6.07) is 8.01. The second-order valence-corrected chi connectivity index (χ2v) is 7.71. The van der Waals surface area contributed by atoms with Gasteiger partial charge in [0.1, 0.15) is 5.75 Å². The number of nitrogens with zero attached hydrogens (tertiary/aromatic N) is 1. The summed E-state index contributed by atoms with van der Waals surface area (Å²) in [5.41, 5.74) is 1.10. The smallest absolute Gasteiger partial charge is 0.220 e. The standard InChI is InChI=1S/C21H35N3O2/c1-17(19-6-4-11-22-16-19)14-21(25)23-15-18-7-9-20(10-8-18)26-13-5-12-24(2)3/h7-10,17,19,22H,4-6,11-16H2,1-3H3,(H,23,25). The van der Waals surface area contributed by atoms with Gasteiger partial charge in [-0.2, -0.15) is 0 Å². The first kappa shape index (κ1) is 20.7. The van der Waals surface area contributed by atoms with Gasteiger partial charge in [0.15, 0.2) is 0 Å². The second kappa shape index (κ2) is 11.2. The summed E-state index contributed by atoms with van der Waals surface area (Å²) in [7, 11) is 4.13. The van der Waals surface area contributed by atoms with Crippen LogP contribution in [0.1, 0.15) is 38.2 Å². The van der Waals surface area contributed by atoms with Gasteiger partial charge in [-0.3, -0.25) is 4.79 Å². The van der Waals surface area contributed by atoms with Crippen LogP contribution in [-0.2, 0) is 11.3 Å². The molecule has 1 aliphatic rings. The lowest BCUT2D eigenvalue weighted by Gasteiger charge is -2.28. The van der Waals surface area contributed by atoms with E-state index in [1.807, 2.05) is 24.3 Å². The van der Waals surface area contributed by atoms with Crippen molar-refractivity contribution in [3.63, 3.8) is 0 Å². The van der Waals surface area contributed by atoms with Gasteiger partial charge < -0.3 is 20.3 Å². The molecule has 0 aliphatic carbocycles. The van der Waals surface area contributed by atoms with E-state index in [1.165, 1.54) is 12.8 Å². The van der Waals surface area contributed by atoms with Gasteiger partial charge in [0.2, 0.25) is 5.91 Å². The predicted octanol–water partition coefficient (Wildman–Crippen LogP) is 2.66. The zero-order valence-electron chi connectivity index (χ0n) is 16.6. The van der Waals surface area contributed by atoms with Crippen LogP contribution in [0.15, 0.2) is 24.3 Å². The maximum atomic E-state index is 12.2. The second-order valence-electron chi connectivity index (χ2n) is 7.71. The van der Waals surface area contributed by atoms with Gasteiger partial charge in [0.25, 0.3) is 0 Å². The highest BCUT2D eigenvalue weighted by Gasteiger charge is 2.21. The molecule has 0 radical (unpaired) electrons. The molecule has 1 amide bonds. The number of hydrogen-bond acceptors (Lipinski definition) is 4. The van der Waals surface area contributed by atoms with Crippen molar-refractivity contribution < 1.29 is 9.53 Å². The van der Waals surface area contributed by atoms with Gasteiger partial charge in [-0.1, -0.05) is 19.1 Å². The summed E-state index contributed by atoms with van der Waals surface area (Å²) in [6.45, 7) is 6.69. The van der Waals surface area contributed by atoms with E-state index < -0.39 is 0 Å². The Hall–Kier alpha value is -1.59. The molecule has 146 valence electrons. The van der Waals surface area contributed by atoms with Gasteiger partial charge in [-0.25, -0.2) is 0 Å². The van der Waals surface area contributed by atoms with Crippen molar-refractivity contribution in [2.24, 2.45) is 11.8 Å². The van der Waals surface area contributed by atoms with E-state index in [0.717, 1.165) is 44.0 Å². The number of nitrogens with one attached hydrogen (secondary N) is 2. The predicted molar refractivity (Wildman–Crippen MR) is 106 cm³/mol. The molecule has 1 aromatic carbocycles. The van der Waals surface area contributed by atoms with Crippen LogP contribution in [0.2, 0.25) is 0 Å². The fourth-order valence-corrected chi connectivity index (χ4v) is 3.37. The SMILES string of the molecule is CC(CC(=O)NCc1ccc(OCCCN(C)C)cc1)C1CCCNC1. The van der Waals surface area contributed by atoms with Crippen LogP contribution in [-0.4, -0.2) is 51.1 Å². The Morgan fingerprint density at radius 3 is 2.77 bits per heavy atom. The highest BCUT2D eigenvalue weighted by atomic mass is 16.5. The first-order valence-electron chi connectivity index (χ1n) is 9.88. The van der Waals surface area contributed by atoms with E-state index in [-0.39, 0.29) is 5.91 Å². The maximum Gasteiger partial charge on any atom is 0.220 e. The van der Waals surface area contributed by atoms with E-state index in [0.29, 0.717) is 24.8 Å². The van der Waals surface area contributed by atoms with Crippen LogP contribution in [0.3, 0.4) is 0 Å². The summed E-state index contributed by atoms with van der Waals surface area (Å²) < 4.78 is 5.74. The summed E-state index contributed by atoms with van der Waals surface area (Å²) in [4.78, 5) is 14.4. The van der Waals surface area contributed by atoms with Crippen molar-refractivity contribution in [3.05, 3.63) is 29.8 Å². The third kappa shape index (κ3) is 7.75. The number of carbonyl (C=O) groups is 1. The van der Waals surface area contributed by atoms with E-state index >= 15 is 0 Å². The van der Waals surface area contributed by atoms with Gasteiger partial charge >= 0.3 is 0 Å². The minimum atomic E-state index is 0.145. The molecular formula is C21H35N3O2. The largest absolute Gasteiger partial charge is 0.494 e. The normalized spacial score (nSPS) is 18.5. The van der Waals surface area contributed by atoms with Gasteiger partial charge in [0.05, 0.1) is 6.61 Å². The van der Waals surface area contributed by atoms with E-state index in [1.54, 1.807) is 0 Å². The Balaban J connectivity index is 1.65. The number of amides is 1. The van der Waals surface area contributed by atoms with E-state index in [4.69, 9.17) is 4.74 Å². The molecule has 5 heteroatoms. The van der Waals surface area contributed by atoms with Crippen LogP contribution in [0.4, 0.5) is 0 Å². The van der Waals surface area contributed by atoms with E-state index in [9.17, 15) is 4.79 Å². The quantitative estimate of drug-likeness (QED) is 0.629. The molecule has 1 aliphatic heterocycles. The average molecular weight is 362 g/mol. The van der Waals surface area contributed by atoms with E-state index in [2.05, 4.69) is 36.6 Å². The third-order valence-electron chi connectivity index (χ3n) is 5.08. The third-order valence-corrected chi connectivity index (χ3v) is 5.08.